The first kappa shape index (κ1) is 12.7. The van der Waals surface area contributed by atoms with Gasteiger partial charge in [0.2, 0.25) is 0 Å². The summed E-state index contributed by atoms with van der Waals surface area (Å²) < 4.78 is 2.26. The SMILES string of the molecule is O=C(O)C1CCCN1C(=O)OC(Cl)(Cl)Cl. The van der Waals surface area contributed by atoms with E-state index in [0.29, 0.717) is 12.8 Å². The minimum absolute atomic E-state index is 0.288. The smallest absolute Gasteiger partial charge is 0.414 e. The molecule has 86 valence electrons. The van der Waals surface area contributed by atoms with Gasteiger partial charge < -0.3 is 9.84 Å². The molecule has 1 N–H and O–H groups in total. The number of hydrogen-bond acceptors (Lipinski definition) is 3. The molecule has 1 aliphatic heterocycles. The van der Waals surface area contributed by atoms with E-state index in [9.17, 15) is 9.59 Å². The molecule has 0 saturated carbocycles. The van der Waals surface area contributed by atoms with Crippen LogP contribution in [0.5, 0.6) is 0 Å². The van der Waals surface area contributed by atoms with Crippen LogP contribution < -0.4 is 0 Å². The van der Waals surface area contributed by atoms with E-state index in [1.54, 1.807) is 0 Å². The molecule has 15 heavy (non-hydrogen) atoms. The number of halogens is 3. The Bertz CT molecular complexity index is 278. The molecule has 0 radical (unpaired) electrons. The standard InChI is InChI=1S/C7H8Cl3NO4/c8-7(9,10)15-6(14)11-3-1-2-4(11)5(12)13/h4H,1-3H2,(H,12,13). The van der Waals surface area contributed by atoms with Crippen molar-refractivity contribution in [3.63, 3.8) is 0 Å². The molecule has 1 unspecified atom stereocenters. The van der Waals surface area contributed by atoms with Crippen LogP contribution in [0.3, 0.4) is 0 Å². The van der Waals surface area contributed by atoms with Crippen molar-refractivity contribution in [2.45, 2.75) is 22.9 Å². The second-order valence-corrected chi connectivity index (χ2v) is 5.18. The minimum Gasteiger partial charge on any atom is -0.480 e. The van der Waals surface area contributed by atoms with E-state index in [4.69, 9.17) is 39.9 Å². The zero-order chi connectivity index (χ0) is 11.6. The molecule has 1 rings (SSSR count). The molecule has 1 amide bonds. The van der Waals surface area contributed by atoms with Gasteiger partial charge in [0.05, 0.1) is 0 Å². The van der Waals surface area contributed by atoms with Crippen molar-refractivity contribution < 1.29 is 19.4 Å². The van der Waals surface area contributed by atoms with Crippen LogP contribution in [0.4, 0.5) is 4.79 Å². The van der Waals surface area contributed by atoms with Gasteiger partial charge in [-0.1, -0.05) is 0 Å². The number of aliphatic carboxylic acids is 1. The number of alkyl halides is 3. The zero-order valence-electron chi connectivity index (χ0n) is 7.45. The lowest BCUT2D eigenvalue weighted by atomic mass is 10.2. The summed E-state index contributed by atoms with van der Waals surface area (Å²) in [5.74, 6) is -1.09. The first-order chi connectivity index (χ1) is 6.81. The number of likely N-dealkylation sites (tertiary alicyclic amines) is 1. The second kappa shape index (κ2) is 4.63. The normalized spacial score (nSPS) is 21.5. The summed E-state index contributed by atoms with van der Waals surface area (Å²) in [5, 5.41) is 8.78. The van der Waals surface area contributed by atoms with Gasteiger partial charge in [-0.15, -0.1) is 0 Å². The van der Waals surface area contributed by atoms with E-state index in [2.05, 4.69) is 4.74 Å². The van der Waals surface area contributed by atoms with Crippen LogP contribution in [-0.2, 0) is 9.53 Å². The number of carbonyl (C=O) groups excluding carboxylic acids is 1. The van der Waals surface area contributed by atoms with Crippen LogP contribution in [-0.4, -0.2) is 38.6 Å². The molecular weight excluding hydrogens is 268 g/mol. The van der Waals surface area contributed by atoms with Crippen molar-refractivity contribution in [1.29, 1.82) is 0 Å². The van der Waals surface area contributed by atoms with Crippen LogP contribution in [0.1, 0.15) is 12.8 Å². The molecular formula is C7H8Cl3NO4. The van der Waals surface area contributed by atoms with Crippen molar-refractivity contribution in [3.05, 3.63) is 0 Å². The Hall–Kier alpha value is -0.390. The molecule has 0 bridgehead atoms. The van der Waals surface area contributed by atoms with Crippen LogP contribution in [0.15, 0.2) is 0 Å². The largest absolute Gasteiger partial charge is 0.480 e. The van der Waals surface area contributed by atoms with Crippen LogP contribution in [0.25, 0.3) is 0 Å². The minimum atomic E-state index is -2.16. The van der Waals surface area contributed by atoms with Gasteiger partial charge in [-0.05, 0) is 47.6 Å². The molecule has 0 spiro atoms. The average molecular weight is 277 g/mol. The van der Waals surface area contributed by atoms with Crippen LogP contribution in [0, 0.1) is 0 Å². The van der Waals surface area contributed by atoms with Gasteiger partial charge in [-0.2, -0.15) is 0 Å². The molecule has 0 aromatic heterocycles. The molecule has 1 atom stereocenters. The number of carboxylic acid groups (broad SMARTS) is 1. The summed E-state index contributed by atoms with van der Waals surface area (Å²) in [5.41, 5.74) is 0. The third-order valence-corrected chi connectivity index (χ3v) is 2.21. The maximum Gasteiger partial charge on any atom is 0.414 e. The Morgan fingerprint density at radius 1 is 1.40 bits per heavy atom. The van der Waals surface area contributed by atoms with Crippen molar-refractivity contribution in [2.24, 2.45) is 0 Å². The summed E-state index contributed by atoms with van der Waals surface area (Å²) in [6.07, 6.45) is 0.0378. The molecule has 1 saturated heterocycles. The number of ether oxygens (including phenoxy) is 1. The highest BCUT2D eigenvalue weighted by molar-refractivity contribution is 6.66. The van der Waals surface area contributed by atoms with E-state index in [0.717, 1.165) is 4.90 Å². The van der Waals surface area contributed by atoms with Gasteiger partial charge in [0.15, 0.2) is 0 Å². The lowest BCUT2D eigenvalue weighted by Gasteiger charge is -2.22. The lowest BCUT2D eigenvalue weighted by Crippen LogP contribution is -2.42. The summed E-state index contributed by atoms with van der Waals surface area (Å²) in [6.45, 7) is 0.288. The summed E-state index contributed by atoms with van der Waals surface area (Å²) >= 11 is 15.7. The first-order valence-electron chi connectivity index (χ1n) is 4.10. The number of amides is 1. The van der Waals surface area contributed by atoms with Gasteiger partial charge in [0.25, 0.3) is 0 Å². The monoisotopic (exact) mass is 275 g/mol. The Morgan fingerprint density at radius 2 is 2.00 bits per heavy atom. The molecule has 1 aliphatic rings. The Morgan fingerprint density at radius 3 is 2.47 bits per heavy atom. The summed E-state index contributed by atoms with van der Waals surface area (Å²) in [6, 6.07) is -0.898. The maximum absolute atomic E-state index is 11.4. The average Bonchev–Trinajstić information content (AvgIpc) is 2.47. The molecule has 0 aliphatic carbocycles. The molecule has 1 heterocycles. The van der Waals surface area contributed by atoms with E-state index in [1.807, 2.05) is 0 Å². The number of nitrogens with zero attached hydrogens (tertiary/aromatic N) is 1. The molecule has 1 fully saturated rings. The van der Waals surface area contributed by atoms with E-state index in [1.165, 1.54) is 0 Å². The molecule has 0 aromatic carbocycles. The first-order valence-corrected chi connectivity index (χ1v) is 5.24. The Balaban J connectivity index is 2.63. The maximum atomic E-state index is 11.4. The Labute approximate surface area is 101 Å². The van der Waals surface area contributed by atoms with Gasteiger partial charge >= 0.3 is 16.0 Å². The van der Waals surface area contributed by atoms with Crippen LogP contribution in [0.2, 0.25) is 0 Å². The fourth-order valence-corrected chi connectivity index (χ4v) is 1.60. The lowest BCUT2D eigenvalue weighted by molar-refractivity contribution is -0.141. The fourth-order valence-electron chi connectivity index (χ4n) is 1.40. The predicted octanol–water partition coefficient (Wildman–Crippen LogP) is 2.00. The van der Waals surface area contributed by atoms with Gasteiger partial charge in [-0.25, -0.2) is 9.59 Å². The number of carbonyl (C=O) groups is 2. The van der Waals surface area contributed by atoms with Crippen molar-refractivity contribution in [3.8, 4) is 0 Å². The molecule has 0 aromatic rings. The summed E-state index contributed by atoms with van der Waals surface area (Å²) in [7, 11) is 0. The highest BCUT2D eigenvalue weighted by Gasteiger charge is 2.38. The van der Waals surface area contributed by atoms with E-state index in [-0.39, 0.29) is 6.54 Å². The van der Waals surface area contributed by atoms with Crippen molar-refractivity contribution in [2.75, 3.05) is 6.54 Å². The molecule has 8 heteroatoms. The Kier molecular flexibility index (Phi) is 3.92. The van der Waals surface area contributed by atoms with E-state index >= 15 is 0 Å². The van der Waals surface area contributed by atoms with Gasteiger partial charge in [-0.3, -0.25) is 4.90 Å². The predicted molar refractivity (Wildman–Crippen MR) is 54.1 cm³/mol. The number of rotatable bonds is 1. The van der Waals surface area contributed by atoms with Gasteiger partial charge in [0.1, 0.15) is 6.04 Å². The van der Waals surface area contributed by atoms with Crippen molar-refractivity contribution >= 4 is 46.9 Å². The topological polar surface area (TPSA) is 66.8 Å². The zero-order valence-corrected chi connectivity index (χ0v) is 9.72. The number of carboxylic acids is 1. The molecule has 5 nitrogen and oxygen atoms in total. The summed E-state index contributed by atoms with van der Waals surface area (Å²) in [4.78, 5) is 23.1. The second-order valence-electron chi connectivity index (χ2n) is 3.00. The quantitative estimate of drug-likeness (QED) is 0.744. The highest BCUT2D eigenvalue weighted by atomic mass is 35.6. The fraction of sp³-hybridized carbons (Fsp3) is 0.714. The number of hydrogen-bond donors (Lipinski definition) is 1. The third kappa shape index (κ3) is 3.59. The highest BCUT2D eigenvalue weighted by Crippen LogP contribution is 2.29. The van der Waals surface area contributed by atoms with E-state index < -0.39 is 22.1 Å². The van der Waals surface area contributed by atoms with Gasteiger partial charge in [0, 0.05) is 6.54 Å². The van der Waals surface area contributed by atoms with Crippen LogP contribution >= 0.6 is 34.8 Å². The third-order valence-electron chi connectivity index (χ3n) is 1.98. The van der Waals surface area contributed by atoms with Crippen molar-refractivity contribution in [1.82, 2.24) is 4.90 Å².